The zero-order chi connectivity index (χ0) is 25.8. The lowest BCUT2D eigenvalue weighted by atomic mass is 10.1. The molecule has 0 fully saturated rings. The van der Waals surface area contributed by atoms with Gasteiger partial charge < -0.3 is 20.3 Å². The summed E-state index contributed by atoms with van der Waals surface area (Å²) in [5, 5.41) is 21.4. The molecule has 0 atom stereocenters. The molecule has 0 saturated heterocycles. The maximum absolute atomic E-state index is 13.1. The van der Waals surface area contributed by atoms with Gasteiger partial charge in [-0.2, -0.15) is 0 Å². The summed E-state index contributed by atoms with van der Waals surface area (Å²) in [6, 6.07) is 19.6. The molecule has 0 spiro atoms. The van der Waals surface area contributed by atoms with Crippen LogP contribution in [0.25, 0.3) is 17.0 Å². The molecule has 2 amide bonds. The predicted molar refractivity (Wildman–Crippen MR) is 148 cm³/mol. The third kappa shape index (κ3) is 5.72. The number of amides is 2. The van der Waals surface area contributed by atoms with Crippen molar-refractivity contribution in [3.8, 4) is 5.88 Å². The van der Waals surface area contributed by atoms with Gasteiger partial charge in [0.2, 0.25) is 5.88 Å². The lowest BCUT2D eigenvalue weighted by molar-refractivity contribution is -0.115. The minimum absolute atomic E-state index is 0.0631. The first-order valence-electron chi connectivity index (χ1n) is 10.7. The first kappa shape index (κ1) is 25.3. The highest BCUT2D eigenvalue weighted by Gasteiger charge is 2.17. The van der Waals surface area contributed by atoms with Gasteiger partial charge >= 0.3 is 5.91 Å². The Morgan fingerprint density at radius 3 is 2.39 bits per heavy atom. The lowest BCUT2D eigenvalue weighted by Gasteiger charge is -2.12. The summed E-state index contributed by atoms with van der Waals surface area (Å²) in [6.07, 6.45) is 1.53. The van der Waals surface area contributed by atoms with E-state index in [2.05, 4.69) is 52.4 Å². The summed E-state index contributed by atoms with van der Waals surface area (Å²) in [5.41, 5.74) is 2.71. The Bertz CT molecular complexity index is 1490. The third-order valence-corrected chi connectivity index (χ3v) is 6.34. The van der Waals surface area contributed by atoms with Crippen molar-refractivity contribution in [3.05, 3.63) is 92.5 Å². The predicted octanol–water partition coefficient (Wildman–Crippen LogP) is 6.55. The molecule has 0 unspecified atom stereocenters. The average Bonchev–Trinajstić information content (AvgIpc) is 3.18. The number of aromatic nitrogens is 1. The number of nitrogens with zero attached hydrogens (tertiary/aromatic N) is 3. The number of halogens is 2. The molecule has 0 aliphatic rings. The van der Waals surface area contributed by atoms with Gasteiger partial charge in [-0.15, -0.1) is 10.2 Å². The number of fused-ring (bicyclic) bond motifs is 1. The highest BCUT2D eigenvalue weighted by atomic mass is 79.9. The minimum Gasteiger partial charge on any atom is -0.493 e. The minimum atomic E-state index is -0.779. The van der Waals surface area contributed by atoms with E-state index in [1.54, 1.807) is 36.4 Å². The molecule has 0 aliphatic heterocycles. The molecule has 36 heavy (non-hydrogen) atoms. The molecule has 3 N–H and O–H groups in total. The number of anilines is 1. The molecule has 0 bridgehead atoms. The summed E-state index contributed by atoms with van der Waals surface area (Å²) >= 11 is 6.83. The van der Waals surface area contributed by atoms with Crippen LogP contribution in [0.4, 0.5) is 11.4 Å². The molecule has 0 radical (unpaired) electrons. The zero-order valence-corrected chi connectivity index (χ0v) is 22.5. The van der Waals surface area contributed by atoms with Crippen molar-refractivity contribution in [2.24, 2.45) is 10.2 Å². The Morgan fingerprint density at radius 2 is 1.72 bits per heavy atom. The molecule has 3 aromatic carbocycles. The van der Waals surface area contributed by atoms with Crippen LogP contribution in [0.2, 0.25) is 0 Å². The number of carbonyl (C=O) groups is 2. The van der Waals surface area contributed by atoms with Gasteiger partial charge in [-0.3, -0.25) is 9.59 Å². The second-order valence-corrected chi connectivity index (χ2v) is 9.77. The maximum Gasteiger partial charge on any atom is 0.311 e. The number of H-pyrrole nitrogens is 1. The highest BCUT2D eigenvalue weighted by molar-refractivity contribution is 9.11. The SMILES string of the molecule is CN(C)c1ccc(C=C(NC(=O)c2ccccc2)C(=O)N=Nc2c(O)[nH]c3c(Br)cc(Br)cc23)cc1. The number of rotatable bonds is 6. The highest BCUT2D eigenvalue weighted by Crippen LogP contribution is 2.40. The van der Waals surface area contributed by atoms with Crippen LogP contribution < -0.4 is 10.2 Å². The molecule has 182 valence electrons. The Kier molecular flexibility index (Phi) is 7.66. The monoisotopic (exact) mass is 609 g/mol. The van der Waals surface area contributed by atoms with E-state index in [0.717, 1.165) is 10.2 Å². The Morgan fingerprint density at radius 1 is 1.03 bits per heavy atom. The fraction of sp³-hybridized carbons (Fsp3) is 0.0769. The van der Waals surface area contributed by atoms with Crippen LogP contribution in [0.5, 0.6) is 5.88 Å². The van der Waals surface area contributed by atoms with Crippen molar-refractivity contribution in [2.75, 3.05) is 19.0 Å². The molecule has 0 saturated carbocycles. The number of carbonyl (C=O) groups excluding carboxylic acids is 2. The lowest BCUT2D eigenvalue weighted by Crippen LogP contribution is -2.26. The second kappa shape index (κ2) is 10.9. The van der Waals surface area contributed by atoms with Gasteiger partial charge in [-0.1, -0.05) is 46.3 Å². The fourth-order valence-electron chi connectivity index (χ4n) is 3.41. The van der Waals surface area contributed by atoms with E-state index in [4.69, 9.17) is 0 Å². The Balaban J connectivity index is 1.69. The molecule has 10 heteroatoms. The van der Waals surface area contributed by atoms with Gasteiger partial charge in [0.1, 0.15) is 5.70 Å². The summed E-state index contributed by atoms with van der Waals surface area (Å²) in [4.78, 5) is 30.7. The van der Waals surface area contributed by atoms with E-state index in [1.165, 1.54) is 6.08 Å². The number of benzene rings is 3. The van der Waals surface area contributed by atoms with Gasteiger partial charge in [0.05, 0.1) is 5.52 Å². The summed E-state index contributed by atoms with van der Waals surface area (Å²) < 4.78 is 1.45. The Labute approximate surface area is 224 Å². The van der Waals surface area contributed by atoms with Crippen LogP contribution in [-0.2, 0) is 4.79 Å². The van der Waals surface area contributed by atoms with Gasteiger partial charge in [0.25, 0.3) is 5.91 Å². The average molecular weight is 611 g/mol. The maximum atomic E-state index is 13.1. The van der Waals surface area contributed by atoms with Crippen LogP contribution in [0.3, 0.4) is 0 Å². The number of hydrogen-bond donors (Lipinski definition) is 3. The van der Waals surface area contributed by atoms with E-state index in [9.17, 15) is 14.7 Å². The first-order chi connectivity index (χ1) is 17.2. The third-order valence-electron chi connectivity index (χ3n) is 5.25. The van der Waals surface area contributed by atoms with Crippen LogP contribution in [0.15, 0.2) is 91.6 Å². The van der Waals surface area contributed by atoms with E-state index in [-0.39, 0.29) is 17.3 Å². The van der Waals surface area contributed by atoms with Gasteiger partial charge in [-0.05, 0) is 64.0 Å². The molecular weight excluding hydrogens is 590 g/mol. The quantitative estimate of drug-likeness (QED) is 0.170. The fourth-order valence-corrected chi connectivity index (χ4v) is 4.74. The van der Waals surface area contributed by atoms with Crippen LogP contribution in [0.1, 0.15) is 15.9 Å². The van der Waals surface area contributed by atoms with Crippen LogP contribution in [0, 0.1) is 0 Å². The van der Waals surface area contributed by atoms with E-state index in [0.29, 0.717) is 26.5 Å². The summed E-state index contributed by atoms with van der Waals surface area (Å²) in [5.74, 6) is -1.48. The zero-order valence-electron chi connectivity index (χ0n) is 19.3. The number of azo groups is 1. The van der Waals surface area contributed by atoms with Crippen LogP contribution in [-0.4, -0.2) is 36.0 Å². The first-order valence-corrected chi connectivity index (χ1v) is 12.3. The topological polar surface area (TPSA) is 110 Å². The van der Waals surface area contributed by atoms with E-state index < -0.39 is 11.8 Å². The van der Waals surface area contributed by atoms with Crippen molar-refractivity contribution < 1.29 is 14.7 Å². The number of nitrogens with one attached hydrogen (secondary N) is 2. The van der Waals surface area contributed by atoms with Crippen LogP contribution >= 0.6 is 31.9 Å². The normalized spacial score (nSPS) is 11.7. The van der Waals surface area contributed by atoms with Crippen molar-refractivity contribution in [2.45, 2.75) is 0 Å². The van der Waals surface area contributed by atoms with Crippen molar-refractivity contribution in [1.82, 2.24) is 10.3 Å². The van der Waals surface area contributed by atoms with Gasteiger partial charge in [-0.25, -0.2) is 0 Å². The van der Waals surface area contributed by atoms with Gasteiger partial charge in [0.15, 0.2) is 5.69 Å². The molecule has 1 heterocycles. The van der Waals surface area contributed by atoms with E-state index in [1.807, 2.05) is 49.3 Å². The number of aromatic amines is 1. The molecule has 1 aromatic heterocycles. The molecular formula is C26H21Br2N5O3. The molecule has 4 rings (SSSR count). The smallest absolute Gasteiger partial charge is 0.311 e. The number of hydrogen-bond acceptors (Lipinski definition) is 5. The van der Waals surface area contributed by atoms with Gasteiger partial charge in [0, 0.05) is 39.7 Å². The standard InChI is InChI=1S/C26H21Br2N5O3/c1-33(2)18-10-8-15(9-11-18)12-21(29-24(34)16-6-4-3-5-7-16)25(35)32-31-23-19-13-17(27)14-20(28)22(19)30-26(23)36/h3-14,30,36H,1-2H3,(H,29,34). The van der Waals surface area contributed by atoms with Crippen molar-refractivity contribution in [3.63, 3.8) is 0 Å². The molecule has 4 aromatic rings. The number of aromatic hydroxyl groups is 1. The van der Waals surface area contributed by atoms with Crippen molar-refractivity contribution >= 4 is 72.0 Å². The molecule has 0 aliphatic carbocycles. The summed E-state index contributed by atoms with van der Waals surface area (Å²) in [7, 11) is 3.86. The van der Waals surface area contributed by atoms with E-state index >= 15 is 0 Å². The second-order valence-electron chi connectivity index (χ2n) is 8.00. The van der Waals surface area contributed by atoms with Crippen molar-refractivity contribution in [1.29, 1.82) is 0 Å². The largest absolute Gasteiger partial charge is 0.493 e. The Hall–Kier alpha value is -3.76. The summed E-state index contributed by atoms with van der Waals surface area (Å²) in [6.45, 7) is 0. The molecule has 8 nitrogen and oxygen atoms in total.